The predicted molar refractivity (Wildman–Crippen MR) is 62.6 cm³/mol. The molecule has 1 aliphatic carbocycles. The molecule has 1 heteroatoms. The summed E-state index contributed by atoms with van der Waals surface area (Å²) >= 11 is 0. The normalized spacial score (nSPS) is 17.3. The molecule has 15 heavy (non-hydrogen) atoms. The summed E-state index contributed by atoms with van der Waals surface area (Å²) in [6, 6.07) is 10.1. The average Bonchev–Trinajstić information content (AvgIpc) is 2.31. The molecule has 0 radical (unpaired) electrons. The third-order valence-electron chi connectivity index (χ3n) is 2.68. The van der Waals surface area contributed by atoms with Crippen molar-refractivity contribution in [1.82, 2.24) is 0 Å². The largest absolute Gasteiger partial charge is 0.388 e. The van der Waals surface area contributed by atoms with Crippen LogP contribution in [-0.4, -0.2) is 11.2 Å². The number of aliphatic hydroxyl groups is 1. The first kappa shape index (κ1) is 10.2. The summed E-state index contributed by atoms with van der Waals surface area (Å²) in [5, 5.41) is 10.0. The Balaban J connectivity index is 2.01. The summed E-state index contributed by atoms with van der Waals surface area (Å²) in [5.74, 6) is 0. The summed E-state index contributed by atoms with van der Waals surface area (Å²) in [7, 11) is 0. The van der Waals surface area contributed by atoms with Crippen LogP contribution in [0.4, 0.5) is 0 Å². The van der Waals surface area contributed by atoms with Gasteiger partial charge in [-0.15, -0.1) is 0 Å². The Morgan fingerprint density at radius 2 is 1.93 bits per heavy atom. The fourth-order valence-corrected chi connectivity index (χ4v) is 1.84. The molecule has 0 aliphatic heterocycles. The molecule has 1 unspecified atom stereocenters. The van der Waals surface area contributed by atoms with Crippen molar-refractivity contribution in [3.63, 3.8) is 0 Å². The maximum absolute atomic E-state index is 10.0. The SMILES string of the molecule is OC(Cc1ccccc1)C1=CCCC=C1. The van der Waals surface area contributed by atoms with E-state index in [1.165, 1.54) is 5.56 Å². The molecule has 1 aliphatic rings. The van der Waals surface area contributed by atoms with Crippen LogP contribution in [0.5, 0.6) is 0 Å². The molecular formula is C14H16O. The van der Waals surface area contributed by atoms with Crippen molar-refractivity contribution in [2.45, 2.75) is 25.4 Å². The molecule has 0 amide bonds. The van der Waals surface area contributed by atoms with Gasteiger partial charge in [-0.05, 0) is 24.0 Å². The van der Waals surface area contributed by atoms with Crippen LogP contribution >= 0.6 is 0 Å². The molecule has 0 heterocycles. The van der Waals surface area contributed by atoms with Crippen molar-refractivity contribution in [2.24, 2.45) is 0 Å². The minimum Gasteiger partial charge on any atom is -0.388 e. The van der Waals surface area contributed by atoms with Crippen LogP contribution in [-0.2, 0) is 6.42 Å². The fourth-order valence-electron chi connectivity index (χ4n) is 1.84. The molecule has 1 nitrogen and oxygen atoms in total. The van der Waals surface area contributed by atoms with E-state index in [0.29, 0.717) is 6.42 Å². The number of aliphatic hydroxyl groups excluding tert-OH is 1. The molecular weight excluding hydrogens is 184 g/mol. The highest BCUT2D eigenvalue weighted by atomic mass is 16.3. The second-order valence-corrected chi connectivity index (χ2v) is 3.89. The zero-order valence-corrected chi connectivity index (χ0v) is 8.76. The Labute approximate surface area is 90.8 Å². The topological polar surface area (TPSA) is 20.2 Å². The average molecular weight is 200 g/mol. The standard InChI is InChI=1S/C14H16O/c15-14(13-9-5-2-6-10-13)11-12-7-3-1-4-8-12/h1,3-5,7-10,14-15H,2,6,11H2. The van der Waals surface area contributed by atoms with E-state index < -0.39 is 0 Å². The molecule has 0 spiro atoms. The van der Waals surface area contributed by atoms with Crippen molar-refractivity contribution in [1.29, 1.82) is 0 Å². The van der Waals surface area contributed by atoms with Crippen LogP contribution in [0.2, 0.25) is 0 Å². The lowest BCUT2D eigenvalue weighted by atomic mass is 9.97. The Hall–Kier alpha value is -1.34. The molecule has 2 rings (SSSR count). The third-order valence-corrected chi connectivity index (χ3v) is 2.68. The van der Waals surface area contributed by atoms with Crippen LogP contribution in [0.15, 0.2) is 54.1 Å². The van der Waals surface area contributed by atoms with Gasteiger partial charge in [0.25, 0.3) is 0 Å². The van der Waals surface area contributed by atoms with Gasteiger partial charge >= 0.3 is 0 Å². The minimum absolute atomic E-state index is 0.357. The van der Waals surface area contributed by atoms with E-state index in [4.69, 9.17) is 0 Å². The number of hydrogen-bond donors (Lipinski definition) is 1. The lowest BCUT2D eigenvalue weighted by Gasteiger charge is -2.14. The molecule has 1 aromatic rings. The molecule has 0 aromatic heterocycles. The Bertz CT molecular complexity index is 362. The van der Waals surface area contributed by atoms with Crippen LogP contribution in [0.1, 0.15) is 18.4 Å². The Morgan fingerprint density at radius 3 is 2.60 bits per heavy atom. The van der Waals surface area contributed by atoms with Gasteiger partial charge in [0.05, 0.1) is 6.10 Å². The van der Waals surface area contributed by atoms with Crippen molar-refractivity contribution >= 4 is 0 Å². The Kier molecular flexibility index (Phi) is 3.36. The van der Waals surface area contributed by atoms with E-state index >= 15 is 0 Å². The van der Waals surface area contributed by atoms with Crippen LogP contribution < -0.4 is 0 Å². The van der Waals surface area contributed by atoms with Gasteiger partial charge in [0.1, 0.15) is 0 Å². The van der Waals surface area contributed by atoms with E-state index in [9.17, 15) is 5.11 Å². The maximum atomic E-state index is 10.0. The summed E-state index contributed by atoms with van der Waals surface area (Å²) in [6.07, 6.45) is 8.80. The van der Waals surface area contributed by atoms with Gasteiger partial charge in [-0.25, -0.2) is 0 Å². The summed E-state index contributed by atoms with van der Waals surface area (Å²) < 4.78 is 0. The molecule has 0 fully saturated rings. The molecule has 0 saturated heterocycles. The van der Waals surface area contributed by atoms with Crippen molar-refractivity contribution in [3.05, 3.63) is 59.7 Å². The first-order valence-electron chi connectivity index (χ1n) is 5.45. The van der Waals surface area contributed by atoms with Gasteiger partial charge in [-0.1, -0.05) is 48.6 Å². The zero-order chi connectivity index (χ0) is 10.5. The number of rotatable bonds is 3. The lowest BCUT2D eigenvalue weighted by molar-refractivity contribution is 0.214. The highest BCUT2D eigenvalue weighted by Crippen LogP contribution is 2.16. The maximum Gasteiger partial charge on any atom is 0.0827 e. The van der Waals surface area contributed by atoms with E-state index in [-0.39, 0.29) is 6.10 Å². The molecule has 1 N–H and O–H groups in total. The van der Waals surface area contributed by atoms with Crippen molar-refractivity contribution < 1.29 is 5.11 Å². The first-order chi connectivity index (χ1) is 7.36. The lowest BCUT2D eigenvalue weighted by Crippen LogP contribution is -2.13. The van der Waals surface area contributed by atoms with Crippen LogP contribution in [0.25, 0.3) is 0 Å². The van der Waals surface area contributed by atoms with E-state index in [1.54, 1.807) is 0 Å². The predicted octanol–water partition coefficient (Wildman–Crippen LogP) is 2.87. The highest BCUT2D eigenvalue weighted by molar-refractivity contribution is 5.28. The van der Waals surface area contributed by atoms with E-state index in [0.717, 1.165) is 18.4 Å². The second kappa shape index (κ2) is 4.94. The number of allylic oxidation sites excluding steroid dienone is 2. The quantitative estimate of drug-likeness (QED) is 0.795. The minimum atomic E-state index is -0.357. The van der Waals surface area contributed by atoms with Gasteiger partial charge in [-0.3, -0.25) is 0 Å². The highest BCUT2D eigenvalue weighted by Gasteiger charge is 2.10. The number of hydrogen-bond acceptors (Lipinski definition) is 1. The first-order valence-corrected chi connectivity index (χ1v) is 5.45. The third kappa shape index (κ3) is 2.80. The number of benzene rings is 1. The summed E-state index contributed by atoms with van der Waals surface area (Å²) in [5.41, 5.74) is 2.25. The van der Waals surface area contributed by atoms with Gasteiger partial charge in [-0.2, -0.15) is 0 Å². The van der Waals surface area contributed by atoms with Gasteiger partial charge in [0.15, 0.2) is 0 Å². The zero-order valence-electron chi connectivity index (χ0n) is 8.76. The summed E-state index contributed by atoms with van der Waals surface area (Å²) in [4.78, 5) is 0. The molecule has 1 atom stereocenters. The smallest absolute Gasteiger partial charge is 0.0827 e. The van der Waals surface area contributed by atoms with Gasteiger partial charge in [0.2, 0.25) is 0 Å². The molecule has 1 aromatic carbocycles. The van der Waals surface area contributed by atoms with Gasteiger partial charge in [0, 0.05) is 6.42 Å². The second-order valence-electron chi connectivity index (χ2n) is 3.89. The van der Waals surface area contributed by atoms with Crippen molar-refractivity contribution in [2.75, 3.05) is 0 Å². The van der Waals surface area contributed by atoms with Crippen molar-refractivity contribution in [3.8, 4) is 0 Å². The van der Waals surface area contributed by atoms with Gasteiger partial charge < -0.3 is 5.11 Å². The van der Waals surface area contributed by atoms with E-state index in [1.807, 2.05) is 24.3 Å². The molecule has 0 bridgehead atoms. The van der Waals surface area contributed by atoms with Crippen LogP contribution in [0.3, 0.4) is 0 Å². The monoisotopic (exact) mass is 200 g/mol. The van der Waals surface area contributed by atoms with E-state index in [2.05, 4.69) is 24.3 Å². The Morgan fingerprint density at radius 1 is 1.13 bits per heavy atom. The fraction of sp³-hybridized carbons (Fsp3) is 0.286. The summed E-state index contributed by atoms with van der Waals surface area (Å²) in [6.45, 7) is 0. The molecule has 0 saturated carbocycles. The van der Waals surface area contributed by atoms with Crippen LogP contribution in [0, 0.1) is 0 Å². The molecule has 78 valence electrons.